The van der Waals surface area contributed by atoms with E-state index in [9.17, 15) is 4.79 Å². The summed E-state index contributed by atoms with van der Waals surface area (Å²) < 4.78 is 11.8. The monoisotopic (exact) mass is 317 g/mol. The van der Waals surface area contributed by atoms with Crippen LogP contribution in [-0.2, 0) is 11.2 Å². The van der Waals surface area contributed by atoms with Gasteiger partial charge in [0.1, 0.15) is 5.60 Å². The Hall–Kier alpha value is -1.71. The molecule has 2 atom stereocenters. The van der Waals surface area contributed by atoms with Gasteiger partial charge in [-0.15, -0.1) is 0 Å². The summed E-state index contributed by atoms with van der Waals surface area (Å²) in [5, 5.41) is 0. The van der Waals surface area contributed by atoms with Crippen LogP contribution in [-0.4, -0.2) is 36.1 Å². The molecule has 0 bridgehead atoms. The molecule has 0 radical (unpaired) electrons. The Morgan fingerprint density at radius 1 is 1.30 bits per heavy atom. The number of likely N-dealkylation sites (tertiary alicyclic amines) is 1. The predicted octanol–water partition coefficient (Wildman–Crippen LogP) is 3.28. The molecule has 2 heterocycles. The lowest BCUT2D eigenvalue weighted by Crippen LogP contribution is -2.44. The summed E-state index contributed by atoms with van der Waals surface area (Å²) in [6.45, 7) is 10.3. The summed E-state index contributed by atoms with van der Waals surface area (Å²) in [5.41, 5.74) is 0.948. The molecule has 126 valence electrons. The van der Waals surface area contributed by atoms with Crippen molar-refractivity contribution in [3.8, 4) is 11.5 Å². The second kappa shape index (κ2) is 6.06. The van der Waals surface area contributed by atoms with Crippen LogP contribution in [0.1, 0.15) is 39.7 Å². The first kappa shape index (κ1) is 16.2. The van der Waals surface area contributed by atoms with E-state index in [1.54, 1.807) is 0 Å². The predicted molar refractivity (Wildman–Crippen MR) is 89.9 cm³/mol. The van der Waals surface area contributed by atoms with Crippen LogP contribution in [0.15, 0.2) is 18.2 Å². The fourth-order valence-corrected chi connectivity index (χ4v) is 3.80. The zero-order chi connectivity index (χ0) is 16.6. The number of carbonyl (C=O) groups excluding carboxylic acids is 1. The van der Waals surface area contributed by atoms with Crippen molar-refractivity contribution >= 4 is 5.91 Å². The number of piperidine rings is 1. The van der Waals surface area contributed by atoms with E-state index >= 15 is 0 Å². The van der Waals surface area contributed by atoms with E-state index in [4.69, 9.17) is 9.47 Å². The van der Waals surface area contributed by atoms with Gasteiger partial charge in [-0.25, -0.2) is 0 Å². The minimum Gasteiger partial charge on any atom is -0.483 e. The molecule has 0 aliphatic carbocycles. The molecule has 1 fully saturated rings. The number of para-hydroxylation sites is 1. The Labute approximate surface area is 138 Å². The van der Waals surface area contributed by atoms with E-state index in [-0.39, 0.29) is 18.1 Å². The number of fused-ring (bicyclic) bond motifs is 1. The summed E-state index contributed by atoms with van der Waals surface area (Å²) in [7, 11) is 0. The van der Waals surface area contributed by atoms with Crippen LogP contribution in [0, 0.1) is 11.8 Å². The van der Waals surface area contributed by atoms with Crippen LogP contribution in [0.2, 0.25) is 0 Å². The van der Waals surface area contributed by atoms with Gasteiger partial charge < -0.3 is 14.4 Å². The summed E-state index contributed by atoms with van der Waals surface area (Å²) in [6, 6.07) is 5.91. The van der Waals surface area contributed by atoms with Crippen molar-refractivity contribution in [3.05, 3.63) is 23.8 Å². The fraction of sp³-hybridized carbons (Fsp3) is 0.632. The largest absolute Gasteiger partial charge is 0.483 e. The Kier molecular flexibility index (Phi) is 4.26. The minimum absolute atomic E-state index is 0.0678. The smallest absolute Gasteiger partial charge is 0.260 e. The molecule has 0 N–H and O–H groups in total. The van der Waals surface area contributed by atoms with Crippen LogP contribution in [0.5, 0.6) is 11.5 Å². The minimum atomic E-state index is -0.205. The Morgan fingerprint density at radius 3 is 2.70 bits per heavy atom. The van der Waals surface area contributed by atoms with Crippen molar-refractivity contribution in [1.29, 1.82) is 0 Å². The quantitative estimate of drug-likeness (QED) is 0.859. The zero-order valence-electron chi connectivity index (χ0n) is 14.6. The van der Waals surface area contributed by atoms with Gasteiger partial charge in [0.25, 0.3) is 5.91 Å². The molecule has 2 aliphatic heterocycles. The lowest BCUT2D eigenvalue weighted by molar-refractivity contribution is -0.136. The van der Waals surface area contributed by atoms with E-state index in [1.165, 1.54) is 6.42 Å². The third-order valence-corrected chi connectivity index (χ3v) is 4.63. The molecule has 4 heteroatoms. The molecule has 0 spiro atoms. The molecule has 1 aromatic carbocycles. The summed E-state index contributed by atoms with van der Waals surface area (Å²) in [5.74, 6) is 2.67. The lowest BCUT2D eigenvalue weighted by Gasteiger charge is -2.34. The van der Waals surface area contributed by atoms with Crippen LogP contribution in [0.25, 0.3) is 0 Å². The van der Waals surface area contributed by atoms with Crippen molar-refractivity contribution in [1.82, 2.24) is 4.90 Å². The number of amides is 1. The van der Waals surface area contributed by atoms with E-state index in [0.717, 1.165) is 30.8 Å². The normalized spacial score (nSPS) is 25.7. The average molecular weight is 317 g/mol. The average Bonchev–Trinajstić information content (AvgIpc) is 2.78. The molecular formula is C19H27NO3. The molecule has 3 rings (SSSR count). The van der Waals surface area contributed by atoms with Crippen molar-refractivity contribution in [2.75, 3.05) is 19.7 Å². The Morgan fingerprint density at radius 2 is 2.00 bits per heavy atom. The molecular weight excluding hydrogens is 290 g/mol. The highest BCUT2D eigenvalue weighted by molar-refractivity contribution is 5.78. The maximum atomic E-state index is 12.5. The van der Waals surface area contributed by atoms with Gasteiger partial charge in [-0.2, -0.15) is 0 Å². The molecule has 0 aromatic heterocycles. The van der Waals surface area contributed by atoms with Crippen LogP contribution in [0.3, 0.4) is 0 Å². The van der Waals surface area contributed by atoms with Crippen molar-refractivity contribution in [2.45, 2.75) is 46.1 Å². The Bertz CT molecular complexity index is 586. The SMILES string of the molecule is C[C@H]1C[C@H](C)CN(C(=O)COc2cccc3c2OC(C)(C)C3)C1. The van der Waals surface area contributed by atoms with Gasteiger partial charge in [-0.3, -0.25) is 4.79 Å². The standard InChI is InChI=1S/C19H27NO3/c1-13-8-14(2)11-20(10-13)17(21)12-22-16-7-5-6-15-9-19(3,4)23-18(15)16/h5-7,13-14H,8-12H2,1-4H3/t13-,14-/m0/s1. The highest BCUT2D eigenvalue weighted by Crippen LogP contribution is 2.41. The number of carbonyl (C=O) groups is 1. The van der Waals surface area contributed by atoms with Crippen LogP contribution >= 0.6 is 0 Å². The van der Waals surface area contributed by atoms with E-state index in [0.29, 0.717) is 17.6 Å². The van der Waals surface area contributed by atoms with E-state index in [1.807, 2.05) is 17.0 Å². The van der Waals surface area contributed by atoms with Gasteiger partial charge in [0.15, 0.2) is 18.1 Å². The topological polar surface area (TPSA) is 38.8 Å². The first-order valence-electron chi connectivity index (χ1n) is 8.55. The van der Waals surface area contributed by atoms with Crippen LogP contribution < -0.4 is 9.47 Å². The third kappa shape index (κ3) is 3.62. The number of hydrogen-bond acceptors (Lipinski definition) is 3. The summed E-state index contributed by atoms with van der Waals surface area (Å²) in [4.78, 5) is 14.4. The second-order valence-corrected chi connectivity index (χ2v) is 7.82. The number of ether oxygens (including phenoxy) is 2. The van der Waals surface area contributed by atoms with E-state index < -0.39 is 0 Å². The van der Waals surface area contributed by atoms with E-state index in [2.05, 4.69) is 33.8 Å². The molecule has 0 unspecified atom stereocenters. The maximum absolute atomic E-state index is 12.5. The van der Waals surface area contributed by atoms with Gasteiger partial charge in [-0.05, 0) is 38.2 Å². The first-order valence-corrected chi connectivity index (χ1v) is 8.55. The van der Waals surface area contributed by atoms with Crippen molar-refractivity contribution < 1.29 is 14.3 Å². The van der Waals surface area contributed by atoms with Crippen molar-refractivity contribution in [3.63, 3.8) is 0 Å². The molecule has 1 aromatic rings. The van der Waals surface area contributed by atoms with Crippen LogP contribution in [0.4, 0.5) is 0 Å². The summed E-state index contributed by atoms with van der Waals surface area (Å²) >= 11 is 0. The third-order valence-electron chi connectivity index (χ3n) is 4.63. The highest BCUT2D eigenvalue weighted by atomic mass is 16.5. The first-order chi connectivity index (χ1) is 10.8. The summed E-state index contributed by atoms with van der Waals surface area (Å²) in [6.07, 6.45) is 2.06. The number of rotatable bonds is 3. The van der Waals surface area contributed by atoms with Crippen molar-refractivity contribution in [2.24, 2.45) is 11.8 Å². The number of benzene rings is 1. The van der Waals surface area contributed by atoms with Gasteiger partial charge in [-0.1, -0.05) is 26.0 Å². The number of nitrogens with zero attached hydrogens (tertiary/aromatic N) is 1. The molecule has 23 heavy (non-hydrogen) atoms. The second-order valence-electron chi connectivity index (χ2n) is 7.82. The fourth-order valence-electron chi connectivity index (χ4n) is 3.80. The lowest BCUT2D eigenvalue weighted by atomic mass is 9.92. The highest BCUT2D eigenvalue weighted by Gasteiger charge is 2.32. The van der Waals surface area contributed by atoms with Gasteiger partial charge in [0.05, 0.1) is 0 Å². The molecule has 4 nitrogen and oxygen atoms in total. The molecule has 0 saturated carbocycles. The van der Waals surface area contributed by atoms with Gasteiger partial charge in [0.2, 0.25) is 0 Å². The molecule has 2 aliphatic rings. The molecule has 1 amide bonds. The maximum Gasteiger partial charge on any atom is 0.260 e. The molecule has 1 saturated heterocycles. The number of hydrogen-bond donors (Lipinski definition) is 0. The van der Waals surface area contributed by atoms with Gasteiger partial charge in [0, 0.05) is 25.1 Å². The zero-order valence-corrected chi connectivity index (χ0v) is 14.6. The Balaban J connectivity index is 1.63. The van der Waals surface area contributed by atoms with Gasteiger partial charge >= 0.3 is 0 Å².